The molecule has 1 heterocycles. The number of aliphatic imine (C=N–C) groups is 1. The highest BCUT2D eigenvalue weighted by molar-refractivity contribution is 6.42. The van der Waals surface area contributed by atoms with Gasteiger partial charge >= 0.3 is 0 Å². The van der Waals surface area contributed by atoms with Crippen LogP contribution in [0.25, 0.3) is 0 Å². The summed E-state index contributed by atoms with van der Waals surface area (Å²) in [7, 11) is 0. The van der Waals surface area contributed by atoms with Gasteiger partial charge < -0.3 is 10.1 Å². The van der Waals surface area contributed by atoms with Crippen molar-refractivity contribution in [2.45, 2.75) is 12.5 Å². The molecular formula is C17H16Cl2N2O. The van der Waals surface area contributed by atoms with E-state index in [0.29, 0.717) is 15.8 Å². The second-order valence-electron chi connectivity index (χ2n) is 5.23. The third kappa shape index (κ3) is 2.92. The molecule has 0 bridgehead atoms. The Balaban J connectivity index is 2.00. The summed E-state index contributed by atoms with van der Waals surface area (Å²) in [5.74, 6) is 1.47. The van der Waals surface area contributed by atoms with Crippen LogP contribution in [0.3, 0.4) is 0 Å². The van der Waals surface area contributed by atoms with Crippen molar-refractivity contribution < 1.29 is 4.74 Å². The fourth-order valence-electron chi connectivity index (χ4n) is 2.49. The molecule has 5 heteroatoms. The number of hydrogen-bond acceptors (Lipinski definition) is 3. The number of amidine groups is 1. The Morgan fingerprint density at radius 2 is 1.86 bits per heavy atom. The molecule has 0 saturated carbocycles. The van der Waals surface area contributed by atoms with Crippen LogP contribution in [0.5, 0.6) is 5.75 Å². The third-order valence-electron chi connectivity index (χ3n) is 3.66. The van der Waals surface area contributed by atoms with E-state index >= 15 is 0 Å². The predicted octanol–water partition coefficient (Wildman–Crippen LogP) is 4.29. The molecule has 2 aromatic rings. The molecule has 3 rings (SSSR count). The number of hydrogen-bond donors (Lipinski definition) is 1. The lowest BCUT2D eigenvalue weighted by Crippen LogP contribution is -2.44. The Morgan fingerprint density at radius 3 is 2.50 bits per heavy atom. The zero-order valence-electron chi connectivity index (χ0n) is 12.1. The Hall–Kier alpha value is -1.71. The predicted molar refractivity (Wildman–Crippen MR) is 91.2 cm³/mol. The van der Waals surface area contributed by atoms with Crippen LogP contribution in [0.2, 0.25) is 10.0 Å². The first-order valence-corrected chi connectivity index (χ1v) is 7.83. The van der Waals surface area contributed by atoms with Crippen molar-refractivity contribution in [2.24, 2.45) is 4.99 Å². The topological polar surface area (TPSA) is 33.6 Å². The van der Waals surface area contributed by atoms with Gasteiger partial charge in [-0.15, -0.1) is 0 Å². The van der Waals surface area contributed by atoms with Crippen LogP contribution in [-0.4, -0.2) is 18.9 Å². The van der Waals surface area contributed by atoms with Crippen LogP contribution < -0.4 is 10.1 Å². The molecule has 2 aromatic carbocycles. The van der Waals surface area contributed by atoms with Crippen molar-refractivity contribution in [3.05, 3.63) is 64.1 Å². The van der Waals surface area contributed by atoms with E-state index in [1.807, 2.05) is 43.3 Å². The third-order valence-corrected chi connectivity index (χ3v) is 4.40. The molecule has 114 valence electrons. The molecule has 1 aliphatic heterocycles. The van der Waals surface area contributed by atoms with E-state index in [1.165, 1.54) is 0 Å². The molecular weight excluding hydrogens is 319 g/mol. The molecule has 1 aliphatic rings. The molecule has 0 saturated heterocycles. The average Bonchev–Trinajstić information content (AvgIpc) is 3.07. The SMILES string of the molecule is CC(Oc1ccc(Cl)c(Cl)c1)(C1=NCCN1)c1ccccc1. The highest BCUT2D eigenvalue weighted by atomic mass is 35.5. The van der Waals surface area contributed by atoms with E-state index in [0.717, 1.165) is 24.5 Å². The largest absolute Gasteiger partial charge is 0.475 e. The molecule has 1 N–H and O–H groups in total. The van der Waals surface area contributed by atoms with E-state index in [1.54, 1.807) is 12.1 Å². The molecule has 22 heavy (non-hydrogen) atoms. The number of ether oxygens (including phenoxy) is 1. The number of benzene rings is 2. The Morgan fingerprint density at radius 1 is 1.09 bits per heavy atom. The van der Waals surface area contributed by atoms with Gasteiger partial charge in [0.15, 0.2) is 5.60 Å². The summed E-state index contributed by atoms with van der Waals surface area (Å²) in [6.45, 7) is 3.58. The molecule has 1 unspecified atom stereocenters. The molecule has 0 aromatic heterocycles. The minimum absolute atomic E-state index is 0.468. The van der Waals surface area contributed by atoms with Gasteiger partial charge in [-0.25, -0.2) is 0 Å². The van der Waals surface area contributed by atoms with E-state index in [4.69, 9.17) is 27.9 Å². The molecule has 0 radical (unpaired) electrons. The van der Waals surface area contributed by atoms with Crippen LogP contribution in [0.1, 0.15) is 12.5 Å². The van der Waals surface area contributed by atoms with Crippen molar-refractivity contribution in [1.29, 1.82) is 0 Å². The van der Waals surface area contributed by atoms with E-state index < -0.39 is 5.60 Å². The molecule has 0 amide bonds. The van der Waals surface area contributed by atoms with Crippen molar-refractivity contribution in [3.8, 4) is 5.75 Å². The summed E-state index contributed by atoms with van der Waals surface area (Å²) in [5.41, 5.74) is 0.323. The van der Waals surface area contributed by atoms with Crippen molar-refractivity contribution in [3.63, 3.8) is 0 Å². The zero-order valence-corrected chi connectivity index (χ0v) is 13.7. The summed E-state index contributed by atoms with van der Waals surface area (Å²) < 4.78 is 6.27. The van der Waals surface area contributed by atoms with Gasteiger partial charge in [0.05, 0.1) is 16.6 Å². The van der Waals surface area contributed by atoms with Crippen LogP contribution in [0.15, 0.2) is 53.5 Å². The van der Waals surface area contributed by atoms with Gasteiger partial charge in [0, 0.05) is 18.2 Å². The first kappa shape index (κ1) is 15.2. The second kappa shape index (κ2) is 6.19. The lowest BCUT2D eigenvalue weighted by atomic mass is 9.94. The Kier molecular flexibility index (Phi) is 4.27. The molecule has 0 fully saturated rings. The minimum atomic E-state index is -0.699. The molecule has 0 spiro atoms. The zero-order chi connectivity index (χ0) is 15.6. The Labute approximate surface area is 139 Å². The number of nitrogens with one attached hydrogen (secondary N) is 1. The highest BCUT2D eigenvalue weighted by Crippen LogP contribution is 2.33. The smallest absolute Gasteiger partial charge is 0.187 e. The highest BCUT2D eigenvalue weighted by Gasteiger charge is 2.36. The maximum Gasteiger partial charge on any atom is 0.187 e. The van der Waals surface area contributed by atoms with Crippen molar-refractivity contribution in [2.75, 3.05) is 13.1 Å². The molecule has 1 atom stereocenters. The molecule has 0 aliphatic carbocycles. The van der Waals surface area contributed by atoms with E-state index in [2.05, 4.69) is 10.3 Å². The van der Waals surface area contributed by atoms with Crippen molar-refractivity contribution in [1.82, 2.24) is 5.32 Å². The van der Waals surface area contributed by atoms with Gasteiger partial charge in [-0.05, 0) is 19.1 Å². The van der Waals surface area contributed by atoms with E-state index in [9.17, 15) is 0 Å². The van der Waals surface area contributed by atoms with Crippen molar-refractivity contribution >= 4 is 29.0 Å². The summed E-state index contributed by atoms with van der Waals surface area (Å²) in [6.07, 6.45) is 0. The van der Waals surface area contributed by atoms with Crippen LogP contribution in [0.4, 0.5) is 0 Å². The summed E-state index contributed by atoms with van der Waals surface area (Å²) in [4.78, 5) is 4.54. The lowest BCUT2D eigenvalue weighted by molar-refractivity contribution is 0.159. The van der Waals surface area contributed by atoms with Crippen LogP contribution >= 0.6 is 23.2 Å². The lowest BCUT2D eigenvalue weighted by Gasteiger charge is -2.31. The van der Waals surface area contributed by atoms with Gasteiger partial charge in [-0.2, -0.15) is 0 Å². The minimum Gasteiger partial charge on any atom is -0.475 e. The van der Waals surface area contributed by atoms with Gasteiger partial charge in [-0.1, -0.05) is 53.5 Å². The summed E-state index contributed by atoms with van der Waals surface area (Å²) in [6, 6.07) is 15.3. The quantitative estimate of drug-likeness (QED) is 0.904. The van der Waals surface area contributed by atoms with E-state index in [-0.39, 0.29) is 0 Å². The maximum absolute atomic E-state index is 6.27. The summed E-state index contributed by atoms with van der Waals surface area (Å²) in [5, 5.41) is 4.28. The molecule has 3 nitrogen and oxygen atoms in total. The first-order valence-electron chi connectivity index (χ1n) is 7.08. The van der Waals surface area contributed by atoms with Gasteiger partial charge in [0.25, 0.3) is 0 Å². The van der Waals surface area contributed by atoms with Gasteiger partial charge in [0.2, 0.25) is 0 Å². The fourth-order valence-corrected chi connectivity index (χ4v) is 2.78. The number of nitrogens with zero attached hydrogens (tertiary/aromatic N) is 1. The average molecular weight is 335 g/mol. The van der Waals surface area contributed by atoms with Gasteiger partial charge in [-0.3, -0.25) is 4.99 Å². The van der Waals surface area contributed by atoms with Gasteiger partial charge in [0.1, 0.15) is 11.6 Å². The summed E-state index contributed by atoms with van der Waals surface area (Å²) >= 11 is 12.1. The first-order chi connectivity index (χ1) is 10.6. The fraction of sp³-hybridized carbons (Fsp3) is 0.235. The second-order valence-corrected chi connectivity index (χ2v) is 6.05. The standard InChI is InChI=1S/C17H16Cl2N2O/c1-17(16-20-9-10-21-16,12-5-3-2-4-6-12)22-13-7-8-14(18)15(19)11-13/h2-8,11H,9-10H2,1H3,(H,20,21). The van der Waals surface area contributed by atoms with Crippen LogP contribution in [0, 0.1) is 0 Å². The number of halogens is 2. The monoisotopic (exact) mass is 334 g/mol. The Bertz CT molecular complexity index is 703. The normalized spacial score (nSPS) is 16.6. The maximum atomic E-state index is 6.27. The number of rotatable bonds is 4. The van der Waals surface area contributed by atoms with Crippen LogP contribution in [-0.2, 0) is 5.60 Å².